The van der Waals surface area contributed by atoms with Gasteiger partial charge in [-0.15, -0.1) is 23.2 Å². The van der Waals surface area contributed by atoms with Crippen LogP contribution >= 0.6 is 23.2 Å². The first kappa shape index (κ1) is 29.0. The number of imide groups is 2. The lowest BCUT2D eigenvalue weighted by atomic mass is 9.56. The number of phenols is 2. The summed E-state index contributed by atoms with van der Waals surface area (Å²) < 4.78 is 5.57. The fourth-order valence-electron chi connectivity index (χ4n) is 7.23. The van der Waals surface area contributed by atoms with Gasteiger partial charge in [-0.05, 0) is 43.9 Å². The van der Waals surface area contributed by atoms with E-state index < -0.39 is 74.3 Å². The molecular weight excluding hydrogens is 603 g/mol. The molecule has 6 rings (SSSR count). The Bertz CT molecular complexity index is 1670. The molecule has 2 aromatic rings. The number of para-hydroxylation sites is 1. The number of phenolic OH excluding ortho intramolecular Hbond substituents is 1. The second kappa shape index (κ2) is 9.72. The van der Waals surface area contributed by atoms with Gasteiger partial charge in [-0.2, -0.15) is 0 Å². The standard InChI is InChI=1S/C30H26Cl2N2O9/c1-3-43-20-6-4-5-17(23(20)36)22-14-9-10-16-21(18(14)12-29(31)27(41)33(2)28(42)30(22,29)32)25(38)34(24(16)37)13-7-8-15(26(39)40)19(35)11-13/h4-9,11,16,18,21-22,35-36H,3,10,12H2,1-2H3,(H,39,40)/t16-,18+,21-,22+,29+,30-/m0/s1. The first-order valence-electron chi connectivity index (χ1n) is 13.6. The Morgan fingerprint density at radius 3 is 2.42 bits per heavy atom. The van der Waals surface area contributed by atoms with E-state index in [0.29, 0.717) is 5.57 Å². The maximum absolute atomic E-state index is 14.0. The van der Waals surface area contributed by atoms with Crippen molar-refractivity contribution in [2.24, 2.45) is 17.8 Å². The Hall–Kier alpha value is -4.09. The largest absolute Gasteiger partial charge is 0.507 e. The van der Waals surface area contributed by atoms with Gasteiger partial charge in [0.1, 0.15) is 11.3 Å². The van der Waals surface area contributed by atoms with Crippen LogP contribution in [0.25, 0.3) is 0 Å². The van der Waals surface area contributed by atoms with E-state index in [1.54, 1.807) is 31.2 Å². The maximum Gasteiger partial charge on any atom is 0.339 e. The smallest absolute Gasteiger partial charge is 0.339 e. The summed E-state index contributed by atoms with van der Waals surface area (Å²) >= 11 is 14.3. The van der Waals surface area contributed by atoms with Crippen molar-refractivity contribution in [1.29, 1.82) is 0 Å². The molecule has 3 fully saturated rings. The molecule has 2 heterocycles. The van der Waals surface area contributed by atoms with Crippen LogP contribution in [-0.4, -0.2) is 73.2 Å². The number of hydrogen-bond acceptors (Lipinski definition) is 8. The summed E-state index contributed by atoms with van der Waals surface area (Å²) in [5, 5.41) is 30.8. The first-order chi connectivity index (χ1) is 20.3. The van der Waals surface area contributed by atoms with Crippen LogP contribution in [0.1, 0.15) is 41.6 Å². The topological polar surface area (TPSA) is 162 Å². The van der Waals surface area contributed by atoms with Gasteiger partial charge >= 0.3 is 5.97 Å². The molecule has 3 N–H and O–H groups in total. The Kier molecular flexibility index (Phi) is 6.55. The molecule has 13 heteroatoms. The predicted octanol–water partition coefficient (Wildman–Crippen LogP) is 3.39. The number of hydrogen-bond donors (Lipinski definition) is 3. The summed E-state index contributed by atoms with van der Waals surface area (Å²) in [5.74, 6) is -8.76. The van der Waals surface area contributed by atoms with E-state index in [2.05, 4.69) is 0 Å². The van der Waals surface area contributed by atoms with Gasteiger partial charge in [0, 0.05) is 24.6 Å². The van der Waals surface area contributed by atoms with E-state index in [1.165, 1.54) is 13.1 Å². The molecule has 4 amide bonds. The van der Waals surface area contributed by atoms with Crippen molar-refractivity contribution in [2.75, 3.05) is 18.6 Å². The molecule has 2 aliphatic carbocycles. The number of allylic oxidation sites excluding steroid dienone is 2. The summed E-state index contributed by atoms with van der Waals surface area (Å²) in [6.45, 7) is 1.97. The van der Waals surface area contributed by atoms with Gasteiger partial charge in [0.05, 0.1) is 24.1 Å². The van der Waals surface area contributed by atoms with Crippen molar-refractivity contribution in [3.63, 3.8) is 0 Å². The quantitative estimate of drug-likeness (QED) is 0.256. The summed E-state index contributed by atoms with van der Waals surface area (Å²) in [4.78, 5) is 64.0. The third-order valence-electron chi connectivity index (χ3n) is 9.13. The molecule has 0 bridgehead atoms. The van der Waals surface area contributed by atoms with Crippen molar-refractivity contribution >= 4 is 58.5 Å². The van der Waals surface area contributed by atoms with Crippen LogP contribution in [0.5, 0.6) is 17.2 Å². The fourth-order valence-corrected chi connectivity index (χ4v) is 8.24. The van der Waals surface area contributed by atoms with E-state index in [-0.39, 0.29) is 42.2 Å². The number of benzene rings is 2. The van der Waals surface area contributed by atoms with Gasteiger partial charge < -0.3 is 20.1 Å². The normalized spacial score (nSPS) is 31.5. The van der Waals surface area contributed by atoms with Crippen LogP contribution < -0.4 is 9.64 Å². The van der Waals surface area contributed by atoms with Gasteiger partial charge in [-0.25, -0.2) is 9.69 Å². The minimum Gasteiger partial charge on any atom is -0.507 e. The number of likely N-dealkylation sites (tertiary alicyclic amines) is 1. The van der Waals surface area contributed by atoms with E-state index in [4.69, 9.17) is 27.9 Å². The highest BCUT2D eigenvalue weighted by atomic mass is 35.5. The minimum atomic E-state index is -2.07. The predicted molar refractivity (Wildman–Crippen MR) is 152 cm³/mol. The third kappa shape index (κ3) is 3.70. The summed E-state index contributed by atoms with van der Waals surface area (Å²) in [6, 6.07) is 8.09. The van der Waals surface area contributed by atoms with Gasteiger partial charge in [0.15, 0.2) is 21.2 Å². The lowest BCUT2D eigenvalue weighted by Gasteiger charge is -2.50. The minimum absolute atomic E-state index is 0.0120. The lowest BCUT2D eigenvalue weighted by Crippen LogP contribution is -2.60. The number of fused-ring (bicyclic) bond motifs is 4. The highest BCUT2D eigenvalue weighted by molar-refractivity contribution is 6.53. The van der Waals surface area contributed by atoms with Crippen LogP contribution in [-0.2, 0) is 19.2 Å². The van der Waals surface area contributed by atoms with Crippen LogP contribution in [0.2, 0.25) is 0 Å². The lowest BCUT2D eigenvalue weighted by molar-refractivity contribution is -0.138. The molecule has 6 atom stereocenters. The van der Waals surface area contributed by atoms with Crippen LogP contribution in [0.4, 0.5) is 5.69 Å². The second-order valence-corrected chi connectivity index (χ2v) is 12.4. The second-order valence-electron chi connectivity index (χ2n) is 11.1. The number of carbonyl (C=O) groups excluding carboxylic acids is 4. The van der Waals surface area contributed by atoms with Crippen molar-refractivity contribution < 1.29 is 44.0 Å². The number of carboxylic acids is 1. The SMILES string of the molecule is CCOc1cccc([C@H]2C3=CC[C@@H]4C(=O)N(c5ccc(C(=O)O)c(O)c5)C(=O)[C@@H]4[C@@H]3C[C@@]3(Cl)C(=O)N(C)C(=O)[C@@]23Cl)c1O. The Morgan fingerprint density at radius 2 is 1.77 bits per heavy atom. The van der Waals surface area contributed by atoms with Gasteiger partial charge in [-0.3, -0.25) is 24.1 Å². The molecule has 1 saturated carbocycles. The average Bonchev–Trinajstić information content (AvgIpc) is 3.29. The van der Waals surface area contributed by atoms with E-state index >= 15 is 0 Å². The van der Waals surface area contributed by atoms with Crippen molar-refractivity contribution in [3.05, 3.63) is 59.2 Å². The highest BCUT2D eigenvalue weighted by Crippen LogP contribution is 2.66. The molecule has 2 saturated heterocycles. The highest BCUT2D eigenvalue weighted by Gasteiger charge is 2.76. The number of carbonyl (C=O) groups is 5. The Balaban J connectivity index is 1.50. The molecule has 43 heavy (non-hydrogen) atoms. The number of nitrogens with zero attached hydrogens (tertiary/aromatic N) is 2. The number of ether oxygens (including phenoxy) is 1. The number of alkyl halides is 2. The summed E-state index contributed by atoms with van der Waals surface area (Å²) in [5.41, 5.74) is 0.256. The molecule has 2 aliphatic heterocycles. The van der Waals surface area contributed by atoms with Crippen molar-refractivity contribution in [3.8, 4) is 17.2 Å². The summed E-state index contributed by atoms with van der Waals surface area (Å²) in [6.07, 6.45) is 1.57. The molecule has 4 aliphatic rings. The molecule has 0 unspecified atom stereocenters. The molecule has 224 valence electrons. The van der Waals surface area contributed by atoms with Crippen LogP contribution in [0.15, 0.2) is 48.0 Å². The maximum atomic E-state index is 14.0. The zero-order valence-corrected chi connectivity index (χ0v) is 24.4. The van der Waals surface area contributed by atoms with Crippen molar-refractivity contribution in [1.82, 2.24) is 4.90 Å². The van der Waals surface area contributed by atoms with Gasteiger partial charge in [-0.1, -0.05) is 23.8 Å². The summed E-state index contributed by atoms with van der Waals surface area (Å²) in [7, 11) is 1.27. The molecule has 11 nitrogen and oxygen atoms in total. The van der Waals surface area contributed by atoms with Crippen LogP contribution in [0.3, 0.4) is 0 Å². The number of amides is 4. The van der Waals surface area contributed by atoms with E-state index in [1.807, 2.05) is 0 Å². The zero-order chi connectivity index (χ0) is 31.2. The number of halogens is 2. The number of rotatable bonds is 5. The van der Waals surface area contributed by atoms with Crippen LogP contribution in [0, 0.1) is 17.8 Å². The number of anilines is 1. The fraction of sp³-hybridized carbons (Fsp3) is 0.367. The van der Waals surface area contributed by atoms with E-state index in [0.717, 1.165) is 21.9 Å². The van der Waals surface area contributed by atoms with Gasteiger partial charge in [0.25, 0.3) is 11.8 Å². The molecule has 0 aromatic heterocycles. The third-order valence-corrected chi connectivity index (χ3v) is 10.5. The zero-order valence-electron chi connectivity index (χ0n) is 22.9. The number of aromatic carboxylic acids is 1. The van der Waals surface area contributed by atoms with Gasteiger partial charge in [0.2, 0.25) is 11.8 Å². The van der Waals surface area contributed by atoms with Crippen molar-refractivity contribution in [2.45, 2.75) is 35.4 Å². The van der Waals surface area contributed by atoms with E-state index in [9.17, 15) is 39.3 Å². The molecular formula is C30H26Cl2N2O9. The average molecular weight is 629 g/mol. The monoisotopic (exact) mass is 628 g/mol. The molecule has 2 aromatic carbocycles. The Morgan fingerprint density at radius 1 is 1.05 bits per heavy atom. The number of aromatic hydroxyl groups is 2. The number of carboxylic acid groups (broad SMARTS) is 1. The Labute approximate surface area is 255 Å². The first-order valence-corrected chi connectivity index (χ1v) is 14.3. The molecule has 0 radical (unpaired) electrons. The molecule has 0 spiro atoms.